The van der Waals surface area contributed by atoms with E-state index in [0.29, 0.717) is 6.04 Å². The number of hydrogen-bond acceptors (Lipinski definition) is 3. The van der Waals surface area contributed by atoms with E-state index in [1.165, 1.54) is 20.6 Å². The fourth-order valence-corrected chi connectivity index (χ4v) is 3.28. The molecule has 1 aromatic heterocycles. The van der Waals surface area contributed by atoms with Crippen LogP contribution in [0.5, 0.6) is 0 Å². The van der Waals surface area contributed by atoms with Crippen LogP contribution in [0, 0.1) is 6.92 Å². The fourth-order valence-electron chi connectivity index (χ4n) is 2.08. The molecule has 19 heavy (non-hydrogen) atoms. The Morgan fingerprint density at radius 3 is 2.95 bits per heavy atom. The molecule has 0 saturated carbocycles. The smallest absolute Gasteiger partial charge is 0.0943 e. The van der Waals surface area contributed by atoms with Crippen LogP contribution in [0.1, 0.15) is 35.5 Å². The summed E-state index contributed by atoms with van der Waals surface area (Å²) in [4.78, 5) is 4.40. The molecule has 0 aliphatic heterocycles. The number of halogens is 1. The minimum atomic E-state index is 0.320. The van der Waals surface area contributed by atoms with E-state index in [1.807, 2.05) is 11.6 Å². The number of hydrogen-bond donors (Lipinski definition) is 1. The molecule has 0 bridgehead atoms. The van der Waals surface area contributed by atoms with Crippen molar-refractivity contribution in [2.45, 2.75) is 32.7 Å². The predicted molar refractivity (Wildman–Crippen MR) is 85.7 cm³/mol. The highest BCUT2D eigenvalue weighted by Gasteiger charge is 2.16. The third-order valence-electron chi connectivity index (χ3n) is 3.10. The second-order valence-electron chi connectivity index (χ2n) is 4.61. The SMILES string of the molecule is CCCNC(Cc1nccs1)c1cccc(C)c1Br. The van der Waals surface area contributed by atoms with Crippen LogP contribution in [0.15, 0.2) is 34.2 Å². The number of benzene rings is 1. The van der Waals surface area contributed by atoms with Crippen molar-refractivity contribution < 1.29 is 0 Å². The molecule has 1 N–H and O–H groups in total. The van der Waals surface area contributed by atoms with Crippen molar-refractivity contribution in [3.63, 3.8) is 0 Å². The lowest BCUT2D eigenvalue weighted by atomic mass is 10.0. The molecule has 0 aliphatic rings. The van der Waals surface area contributed by atoms with Gasteiger partial charge >= 0.3 is 0 Å². The summed E-state index contributed by atoms with van der Waals surface area (Å²) in [6, 6.07) is 6.77. The Morgan fingerprint density at radius 1 is 1.42 bits per heavy atom. The minimum absolute atomic E-state index is 0.320. The first kappa shape index (κ1) is 14.7. The molecule has 2 aromatic rings. The summed E-state index contributed by atoms with van der Waals surface area (Å²) in [5.74, 6) is 0. The summed E-state index contributed by atoms with van der Waals surface area (Å²) in [7, 11) is 0. The molecule has 0 spiro atoms. The van der Waals surface area contributed by atoms with Gasteiger partial charge in [0.15, 0.2) is 0 Å². The summed E-state index contributed by atoms with van der Waals surface area (Å²) < 4.78 is 1.21. The molecule has 0 saturated heterocycles. The first-order valence-electron chi connectivity index (χ1n) is 6.59. The first-order valence-corrected chi connectivity index (χ1v) is 8.26. The van der Waals surface area contributed by atoms with E-state index < -0.39 is 0 Å². The van der Waals surface area contributed by atoms with Gasteiger partial charge in [-0.3, -0.25) is 0 Å². The van der Waals surface area contributed by atoms with Gasteiger partial charge in [0, 0.05) is 28.5 Å². The lowest BCUT2D eigenvalue weighted by Crippen LogP contribution is -2.24. The summed E-state index contributed by atoms with van der Waals surface area (Å²) in [5.41, 5.74) is 2.60. The molecule has 0 aliphatic carbocycles. The van der Waals surface area contributed by atoms with Crippen molar-refractivity contribution in [3.8, 4) is 0 Å². The van der Waals surface area contributed by atoms with Gasteiger partial charge in [0.1, 0.15) is 0 Å². The van der Waals surface area contributed by atoms with Crippen molar-refractivity contribution in [1.82, 2.24) is 10.3 Å². The van der Waals surface area contributed by atoms with Gasteiger partial charge in [-0.25, -0.2) is 4.98 Å². The van der Waals surface area contributed by atoms with Gasteiger partial charge in [-0.2, -0.15) is 0 Å². The highest BCUT2D eigenvalue weighted by molar-refractivity contribution is 9.10. The van der Waals surface area contributed by atoms with Gasteiger partial charge < -0.3 is 5.32 Å². The van der Waals surface area contributed by atoms with Gasteiger partial charge in [-0.05, 0) is 31.0 Å². The third-order valence-corrected chi connectivity index (χ3v) is 4.99. The van der Waals surface area contributed by atoms with Crippen LogP contribution in [0.25, 0.3) is 0 Å². The topological polar surface area (TPSA) is 24.9 Å². The van der Waals surface area contributed by atoms with Crippen molar-refractivity contribution >= 4 is 27.3 Å². The molecule has 1 heterocycles. The monoisotopic (exact) mass is 338 g/mol. The second kappa shape index (κ2) is 7.17. The van der Waals surface area contributed by atoms with Crippen molar-refractivity contribution in [2.75, 3.05) is 6.54 Å². The van der Waals surface area contributed by atoms with E-state index in [4.69, 9.17) is 0 Å². The highest BCUT2D eigenvalue weighted by atomic mass is 79.9. The average molecular weight is 339 g/mol. The number of nitrogens with zero attached hydrogens (tertiary/aromatic N) is 1. The molecule has 0 fully saturated rings. The zero-order chi connectivity index (χ0) is 13.7. The minimum Gasteiger partial charge on any atom is -0.310 e. The summed E-state index contributed by atoms with van der Waals surface area (Å²) in [5, 5.41) is 6.85. The maximum Gasteiger partial charge on any atom is 0.0943 e. The maximum atomic E-state index is 4.40. The second-order valence-corrected chi connectivity index (χ2v) is 6.39. The Hall–Kier alpha value is -0.710. The van der Waals surface area contributed by atoms with Crippen LogP contribution >= 0.6 is 27.3 Å². The lowest BCUT2D eigenvalue weighted by molar-refractivity contribution is 0.526. The number of aromatic nitrogens is 1. The van der Waals surface area contributed by atoms with Crippen molar-refractivity contribution in [2.24, 2.45) is 0 Å². The Kier molecular flexibility index (Phi) is 5.55. The third kappa shape index (κ3) is 3.88. The fraction of sp³-hybridized carbons (Fsp3) is 0.400. The summed E-state index contributed by atoms with van der Waals surface area (Å²) >= 11 is 5.44. The molecule has 1 aromatic carbocycles. The molecule has 1 unspecified atom stereocenters. The van der Waals surface area contributed by atoms with Crippen LogP contribution < -0.4 is 5.32 Å². The van der Waals surface area contributed by atoms with Gasteiger partial charge in [0.2, 0.25) is 0 Å². The molecular weight excluding hydrogens is 320 g/mol. The van der Waals surface area contributed by atoms with E-state index in [2.05, 4.69) is 58.3 Å². The van der Waals surface area contributed by atoms with Crippen LogP contribution in [-0.4, -0.2) is 11.5 Å². The largest absolute Gasteiger partial charge is 0.310 e. The van der Waals surface area contributed by atoms with Gasteiger partial charge in [0.25, 0.3) is 0 Å². The van der Waals surface area contributed by atoms with Crippen molar-refractivity contribution in [1.29, 1.82) is 0 Å². The van der Waals surface area contributed by atoms with E-state index in [-0.39, 0.29) is 0 Å². The van der Waals surface area contributed by atoms with Crippen molar-refractivity contribution in [3.05, 3.63) is 50.4 Å². The molecule has 1 atom stereocenters. The Balaban J connectivity index is 2.23. The van der Waals surface area contributed by atoms with Crippen LogP contribution in [0.3, 0.4) is 0 Å². The zero-order valence-corrected chi connectivity index (χ0v) is 13.7. The van der Waals surface area contributed by atoms with E-state index >= 15 is 0 Å². The molecule has 102 valence electrons. The number of aryl methyl sites for hydroxylation is 1. The summed E-state index contributed by atoms with van der Waals surface area (Å²) in [6.07, 6.45) is 3.96. The van der Waals surface area contributed by atoms with Crippen LogP contribution in [0.2, 0.25) is 0 Å². The molecular formula is C15H19BrN2S. The van der Waals surface area contributed by atoms with Gasteiger partial charge in [-0.15, -0.1) is 11.3 Å². The van der Waals surface area contributed by atoms with E-state index in [1.54, 1.807) is 11.3 Å². The van der Waals surface area contributed by atoms with Gasteiger partial charge in [-0.1, -0.05) is 41.1 Å². The highest BCUT2D eigenvalue weighted by Crippen LogP contribution is 2.29. The maximum absolute atomic E-state index is 4.40. The standard InChI is InChI=1S/C15H19BrN2S/c1-3-7-17-13(10-14-18-8-9-19-14)12-6-4-5-11(2)15(12)16/h4-6,8-9,13,17H,3,7,10H2,1-2H3. The zero-order valence-electron chi connectivity index (χ0n) is 11.3. The predicted octanol–water partition coefficient (Wildman–Crippen LogP) is 4.50. The van der Waals surface area contributed by atoms with E-state index in [9.17, 15) is 0 Å². The Morgan fingerprint density at radius 2 is 2.26 bits per heavy atom. The normalized spacial score (nSPS) is 12.6. The number of rotatable bonds is 6. The molecule has 2 nitrogen and oxygen atoms in total. The van der Waals surface area contributed by atoms with Gasteiger partial charge in [0.05, 0.1) is 5.01 Å². The Labute approximate surface area is 127 Å². The number of thiazole rings is 1. The van der Waals surface area contributed by atoms with Crippen LogP contribution in [0.4, 0.5) is 0 Å². The molecule has 0 amide bonds. The lowest BCUT2D eigenvalue weighted by Gasteiger charge is -2.20. The first-order chi connectivity index (χ1) is 9.22. The Bertz CT molecular complexity index is 511. The molecule has 2 rings (SSSR count). The molecule has 4 heteroatoms. The average Bonchev–Trinajstić information content (AvgIpc) is 2.91. The summed E-state index contributed by atoms with van der Waals surface area (Å²) in [6.45, 7) is 5.35. The van der Waals surface area contributed by atoms with Crippen LogP contribution in [-0.2, 0) is 6.42 Å². The molecule has 0 radical (unpaired) electrons. The van der Waals surface area contributed by atoms with E-state index in [0.717, 1.165) is 19.4 Å². The number of nitrogens with one attached hydrogen (secondary N) is 1. The quantitative estimate of drug-likeness (QED) is 0.838.